The van der Waals surface area contributed by atoms with Crippen LogP contribution >= 0.6 is 0 Å². The van der Waals surface area contributed by atoms with Gasteiger partial charge >= 0.3 is 5.97 Å². The lowest BCUT2D eigenvalue weighted by Crippen LogP contribution is -2.31. The molecule has 86 valence electrons. The molecule has 1 rings (SSSR count). The maximum atomic E-state index is 11.0. The highest BCUT2D eigenvalue weighted by atomic mass is 32.2. The third kappa shape index (κ3) is 3.64. The summed E-state index contributed by atoms with van der Waals surface area (Å²) in [5.74, 6) is -1.49. The molecule has 0 aliphatic heterocycles. The van der Waals surface area contributed by atoms with E-state index >= 15 is 0 Å². The zero-order valence-corrected chi connectivity index (χ0v) is 8.98. The molecule has 2 atom stereocenters. The first-order valence-electron chi connectivity index (χ1n) is 4.78. The van der Waals surface area contributed by atoms with Crippen molar-refractivity contribution in [1.82, 2.24) is 0 Å². The van der Waals surface area contributed by atoms with E-state index in [1.165, 1.54) is 6.08 Å². The third-order valence-corrected chi connectivity index (χ3v) is 3.97. The van der Waals surface area contributed by atoms with Gasteiger partial charge in [-0.2, -0.15) is 8.42 Å². The molecule has 0 saturated heterocycles. The number of hydrogen-bond acceptors (Lipinski definition) is 3. The molecule has 2 N–H and O–H groups in total. The fraction of sp³-hybridized carbons (Fsp3) is 0.667. The quantitative estimate of drug-likeness (QED) is 0.563. The van der Waals surface area contributed by atoms with E-state index in [2.05, 4.69) is 0 Å². The molecule has 0 aromatic heterocycles. The molecule has 15 heavy (non-hydrogen) atoms. The summed E-state index contributed by atoms with van der Waals surface area (Å²) in [7, 11) is -4.07. The number of carboxylic acid groups (broad SMARTS) is 1. The van der Waals surface area contributed by atoms with Gasteiger partial charge in [0.25, 0.3) is 10.1 Å². The molecule has 0 aromatic rings. The van der Waals surface area contributed by atoms with Gasteiger partial charge < -0.3 is 5.11 Å². The second kappa shape index (κ2) is 4.76. The van der Waals surface area contributed by atoms with Gasteiger partial charge in [-0.25, -0.2) is 4.79 Å². The molecular weight excluding hydrogens is 220 g/mol. The molecule has 0 bridgehead atoms. The number of allylic oxidation sites excluding steroid dienone is 1. The molecule has 0 radical (unpaired) electrons. The Balaban J connectivity index is 2.79. The van der Waals surface area contributed by atoms with Gasteiger partial charge in [-0.15, -0.1) is 0 Å². The molecule has 0 spiro atoms. The first kappa shape index (κ1) is 12.2. The monoisotopic (exact) mass is 234 g/mol. The van der Waals surface area contributed by atoms with Crippen molar-refractivity contribution in [3.63, 3.8) is 0 Å². The lowest BCUT2D eigenvalue weighted by molar-refractivity contribution is -0.131. The molecule has 1 saturated carbocycles. The molecule has 5 nitrogen and oxygen atoms in total. The Morgan fingerprint density at radius 3 is 2.40 bits per heavy atom. The van der Waals surface area contributed by atoms with Crippen molar-refractivity contribution in [2.45, 2.75) is 30.9 Å². The zero-order chi connectivity index (χ0) is 11.5. The van der Waals surface area contributed by atoms with E-state index in [0.29, 0.717) is 12.8 Å². The Morgan fingerprint density at radius 2 is 1.87 bits per heavy atom. The fourth-order valence-corrected chi connectivity index (χ4v) is 3.05. The van der Waals surface area contributed by atoms with E-state index in [1.807, 2.05) is 0 Å². The van der Waals surface area contributed by atoms with Gasteiger partial charge in [-0.3, -0.25) is 4.55 Å². The Bertz CT molecular complexity index is 357. The standard InChI is InChI=1S/C9H14O5S/c10-9(11)6-5-7-3-1-2-4-8(7)15(12,13)14/h5-8H,1-4H2,(H,10,11)(H,12,13,14). The van der Waals surface area contributed by atoms with E-state index in [0.717, 1.165) is 18.9 Å². The van der Waals surface area contributed by atoms with Crippen LogP contribution in [0.15, 0.2) is 12.2 Å². The Labute approximate surface area is 88.5 Å². The van der Waals surface area contributed by atoms with Crippen LogP contribution in [0.2, 0.25) is 0 Å². The molecule has 1 aliphatic carbocycles. The molecular formula is C9H14O5S. The molecule has 1 fully saturated rings. The largest absolute Gasteiger partial charge is 0.478 e. The molecule has 6 heteroatoms. The van der Waals surface area contributed by atoms with Crippen LogP contribution in [0.25, 0.3) is 0 Å². The second-order valence-corrected chi connectivity index (χ2v) is 5.33. The van der Waals surface area contributed by atoms with E-state index in [9.17, 15) is 13.2 Å². The van der Waals surface area contributed by atoms with Crippen LogP contribution in [-0.2, 0) is 14.9 Å². The highest BCUT2D eigenvalue weighted by molar-refractivity contribution is 7.86. The van der Waals surface area contributed by atoms with Crippen molar-refractivity contribution >= 4 is 16.1 Å². The second-order valence-electron chi connectivity index (χ2n) is 3.70. The summed E-state index contributed by atoms with van der Waals surface area (Å²) >= 11 is 0. The third-order valence-electron chi connectivity index (χ3n) is 2.62. The molecule has 0 heterocycles. The highest BCUT2D eigenvalue weighted by Crippen LogP contribution is 2.30. The Morgan fingerprint density at radius 1 is 1.27 bits per heavy atom. The average Bonchev–Trinajstić information content (AvgIpc) is 2.13. The van der Waals surface area contributed by atoms with Crippen LogP contribution in [0.1, 0.15) is 25.7 Å². The van der Waals surface area contributed by atoms with Gasteiger partial charge in [-0.05, 0) is 18.8 Å². The Kier molecular flexibility index (Phi) is 3.87. The minimum atomic E-state index is -4.07. The summed E-state index contributed by atoms with van der Waals surface area (Å²) in [6.45, 7) is 0. The SMILES string of the molecule is O=C(O)C=CC1CCCCC1S(=O)(=O)O. The summed E-state index contributed by atoms with van der Waals surface area (Å²) in [6, 6.07) is 0. The first-order chi connectivity index (χ1) is 6.91. The van der Waals surface area contributed by atoms with E-state index in [1.54, 1.807) is 0 Å². The summed E-state index contributed by atoms with van der Waals surface area (Å²) in [4.78, 5) is 10.3. The molecule has 2 unspecified atom stereocenters. The van der Waals surface area contributed by atoms with E-state index in [-0.39, 0.29) is 5.92 Å². The number of carboxylic acids is 1. The first-order valence-corrected chi connectivity index (χ1v) is 6.29. The lowest BCUT2D eigenvalue weighted by Gasteiger charge is -2.26. The zero-order valence-electron chi connectivity index (χ0n) is 8.17. The van der Waals surface area contributed by atoms with Gasteiger partial charge in [0.1, 0.15) is 0 Å². The summed E-state index contributed by atoms with van der Waals surface area (Å²) in [6.07, 6.45) is 4.91. The summed E-state index contributed by atoms with van der Waals surface area (Å²) in [5.41, 5.74) is 0. The van der Waals surface area contributed by atoms with Crippen LogP contribution < -0.4 is 0 Å². The van der Waals surface area contributed by atoms with Gasteiger partial charge in [0.05, 0.1) is 5.25 Å². The van der Waals surface area contributed by atoms with Crippen LogP contribution in [0.3, 0.4) is 0 Å². The molecule has 1 aliphatic rings. The maximum Gasteiger partial charge on any atom is 0.327 e. The molecule has 0 amide bonds. The van der Waals surface area contributed by atoms with Gasteiger partial charge in [0, 0.05) is 6.08 Å². The maximum absolute atomic E-state index is 11.0. The minimum Gasteiger partial charge on any atom is -0.478 e. The van der Waals surface area contributed by atoms with E-state index < -0.39 is 21.3 Å². The smallest absolute Gasteiger partial charge is 0.327 e. The van der Waals surface area contributed by atoms with Crippen molar-refractivity contribution in [3.05, 3.63) is 12.2 Å². The fourth-order valence-electron chi connectivity index (χ4n) is 1.92. The average molecular weight is 234 g/mol. The van der Waals surface area contributed by atoms with Crippen LogP contribution in [0.4, 0.5) is 0 Å². The summed E-state index contributed by atoms with van der Waals surface area (Å²) in [5, 5.41) is 7.59. The van der Waals surface area contributed by atoms with Crippen molar-refractivity contribution in [1.29, 1.82) is 0 Å². The van der Waals surface area contributed by atoms with Crippen molar-refractivity contribution in [2.24, 2.45) is 5.92 Å². The van der Waals surface area contributed by atoms with Gasteiger partial charge in [0.15, 0.2) is 0 Å². The highest BCUT2D eigenvalue weighted by Gasteiger charge is 2.32. The number of rotatable bonds is 3. The van der Waals surface area contributed by atoms with Crippen LogP contribution in [0.5, 0.6) is 0 Å². The predicted octanol–water partition coefficient (Wildman–Crippen LogP) is 1.07. The number of hydrogen-bond donors (Lipinski definition) is 2. The number of aliphatic carboxylic acids is 1. The van der Waals surface area contributed by atoms with Gasteiger partial charge in [0.2, 0.25) is 0 Å². The van der Waals surface area contributed by atoms with E-state index in [4.69, 9.17) is 9.66 Å². The Hall–Kier alpha value is -0.880. The molecule has 0 aromatic carbocycles. The van der Waals surface area contributed by atoms with Crippen LogP contribution in [0, 0.1) is 5.92 Å². The van der Waals surface area contributed by atoms with Crippen molar-refractivity contribution in [2.75, 3.05) is 0 Å². The normalized spacial score (nSPS) is 28.1. The van der Waals surface area contributed by atoms with Crippen LogP contribution in [-0.4, -0.2) is 29.3 Å². The summed E-state index contributed by atoms with van der Waals surface area (Å²) < 4.78 is 31.0. The van der Waals surface area contributed by atoms with Crippen molar-refractivity contribution in [3.8, 4) is 0 Å². The number of carbonyl (C=O) groups is 1. The van der Waals surface area contributed by atoms with Gasteiger partial charge in [-0.1, -0.05) is 18.9 Å². The topological polar surface area (TPSA) is 91.7 Å². The minimum absolute atomic E-state index is 0.384. The van der Waals surface area contributed by atoms with Crippen molar-refractivity contribution < 1.29 is 22.9 Å². The predicted molar refractivity (Wildman–Crippen MR) is 54.1 cm³/mol. The lowest BCUT2D eigenvalue weighted by atomic mass is 9.88.